The van der Waals surface area contributed by atoms with Gasteiger partial charge in [0.25, 0.3) is 5.56 Å². The van der Waals surface area contributed by atoms with Gasteiger partial charge >= 0.3 is 11.7 Å². The molecule has 0 aliphatic rings. The third-order valence-corrected chi connectivity index (χ3v) is 5.19. The highest BCUT2D eigenvalue weighted by molar-refractivity contribution is 5.86. The number of fused-ring (bicyclic) bond motifs is 1. The zero-order chi connectivity index (χ0) is 24.2. The van der Waals surface area contributed by atoms with Gasteiger partial charge in [-0.1, -0.05) is 51.1 Å². The van der Waals surface area contributed by atoms with Crippen LogP contribution in [0.4, 0.5) is 0 Å². The second kappa shape index (κ2) is 9.95. The van der Waals surface area contributed by atoms with Gasteiger partial charge in [0.15, 0.2) is 23.6 Å². The number of hydrogen-bond donors (Lipinski definition) is 0. The van der Waals surface area contributed by atoms with Gasteiger partial charge in [0, 0.05) is 19.1 Å². The lowest BCUT2D eigenvalue weighted by atomic mass is 9.91. The summed E-state index contributed by atoms with van der Waals surface area (Å²) in [4.78, 5) is 55.2. The molecule has 3 aromatic rings. The van der Waals surface area contributed by atoms with Crippen molar-refractivity contribution in [2.45, 2.75) is 40.4 Å². The molecule has 0 aliphatic heterocycles. The smallest absolute Gasteiger partial charge is 0.333 e. The number of ketones is 1. The molecule has 2 heterocycles. The van der Waals surface area contributed by atoms with E-state index in [4.69, 9.17) is 9.47 Å². The summed E-state index contributed by atoms with van der Waals surface area (Å²) in [6.45, 7) is 4.94. The van der Waals surface area contributed by atoms with E-state index in [-0.39, 0.29) is 23.5 Å². The van der Waals surface area contributed by atoms with Crippen molar-refractivity contribution in [1.82, 2.24) is 18.7 Å². The maximum absolute atomic E-state index is 13.2. The first kappa shape index (κ1) is 24.1. The Balaban J connectivity index is 2.02. The number of hydrogen-bond acceptors (Lipinski definition) is 7. The second-order valence-corrected chi connectivity index (χ2v) is 8.68. The van der Waals surface area contributed by atoms with Crippen LogP contribution >= 0.6 is 0 Å². The van der Waals surface area contributed by atoms with Crippen LogP contribution in [0.1, 0.15) is 26.3 Å². The largest absolute Gasteiger partial charge is 0.456 e. The molecule has 0 aliphatic carbocycles. The maximum atomic E-state index is 13.2. The quantitative estimate of drug-likeness (QED) is 0.445. The molecule has 0 fully saturated rings. The fourth-order valence-corrected chi connectivity index (χ4v) is 3.18. The van der Waals surface area contributed by atoms with Gasteiger partial charge in [-0.15, -0.1) is 0 Å². The van der Waals surface area contributed by atoms with E-state index >= 15 is 0 Å². The number of benzene rings is 1. The zero-order valence-electron chi connectivity index (χ0n) is 19.2. The molecular weight excluding hydrogens is 428 g/mol. The Labute approximate surface area is 190 Å². The number of methoxy groups -OCH3 is 1. The molecule has 0 atom stereocenters. The molecule has 2 aromatic heterocycles. The topological polar surface area (TPSA) is 114 Å². The Morgan fingerprint density at radius 2 is 1.76 bits per heavy atom. The first-order valence-corrected chi connectivity index (χ1v) is 10.5. The van der Waals surface area contributed by atoms with Crippen molar-refractivity contribution in [2.75, 3.05) is 20.3 Å². The van der Waals surface area contributed by atoms with Gasteiger partial charge < -0.3 is 14.0 Å². The van der Waals surface area contributed by atoms with Crippen LogP contribution in [0.3, 0.4) is 0 Å². The van der Waals surface area contributed by atoms with E-state index in [0.29, 0.717) is 13.2 Å². The molecule has 0 amide bonds. The van der Waals surface area contributed by atoms with Crippen LogP contribution in [0.15, 0.2) is 46.2 Å². The molecule has 10 heteroatoms. The van der Waals surface area contributed by atoms with Gasteiger partial charge in [0.2, 0.25) is 0 Å². The molecule has 33 heavy (non-hydrogen) atoms. The average Bonchev–Trinajstić information content (AvgIpc) is 3.20. The second-order valence-electron chi connectivity index (χ2n) is 8.68. The molecule has 0 radical (unpaired) electrons. The SMILES string of the molecule is COCCn1cnc2c1c(=O)n(CC(=O)OCC(=O)C(C)(C)C)c(=O)n2Cc1ccccc1. The van der Waals surface area contributed by atoms with Crippen LogP contribution in [-0.2, 0) is 38.7 Å². The minimum absolute atomic E-state index is 0.162. The van der Waals surface area contributed by atoms with E-state index in [0.717, 1.165) is 10.1 Å². The highest BCUT2D eigenvalue weighted by Crippen LogP contribution is 2.14. The summed E-state index contributed by atoms with van der Waals surface area (Å²) in [7, 11) is 1.54. The zero-order valence-corrected chi connectivity index (χ0v) is 19.2. The Bertz CT molecular complexity index is 1260. The van der Waals surface area contributed by atoms with Gasteiger partial charge in [-0.2, -0.15) is 0 Å². The summed E-state index contributed by atoms with van der Waals surface area (Å²) >= 11 is 0. The fourth-order valence-electron chi connectivity index (χ4n) is 3.18. The molecular formula is C23H28N4O6. The standard InChI is InChI=1S/C23H28N4O6/c1-23(2,3)17(28)14-33-18(29)13-27-21(30)19-20(24-15-25(19)10-11-32-4)26(22(27)31)12-16-8-6-5-7-9-16/h5-9,15H,10-14H2,1-4H3. The van der Waals surface area contributed by atoms with E-state index in [1.54, 1.807) is 25.3 Å². The monoisotopic (exact) mass is 456 g/mol. The maximum Gasteiger partial charge on any atom is 0.333 e. The molecule has 0 saturated carbocycles. The third-order valence-electron chi connectivity index (χ3n) is 5.19. The number of esters is 1. The Hall–Kier alpha value is -3.53. The van der Waals surface area contributed by atoms with Crippen LogP contribution < -0.4 is 11.2 Å². The Morgan fingerprint density at radius 1 is 1.06 bits per heavy atom. The number of nitrogens with zero attached hydrogens (tertiary/aromatic N) is 4. The van der Waals surface area contributed by atoms with Gasteiger partial charge in [-0.05, 0) is 5.56 Å². The lowest BCUT2D eigenvalue weighted by Gasteiger charge is -2.16. The highest BCUT2D eigenvalue weighted by atomic mass is 16.5. The minimum Gasteiger partial charge on any atom is -0.456 e. The first-order valence-electron chi connectivity index (χ1n) is 10.5. The normalized spacial score (nSPS) is 11.6. The van der Waals surface area contributed by atoms with Crippen molar-refractivity contribution in [3.63, 3.8) is 0 Å². The molecule has 1 aromatic carbocycles. The van der Waals surface area contributed by atoms with Gasteiger partial charge in [-0.3, -0.25) is 19.0 Å². The summed E-state index contributed by atoms with van der Waals surface area (Å²) in [5, 5.41) is 0. The summed E-state index contributed by atoms with van der Waals surface area (Å²) in [5.41, 5.74) is -0.791. The average molecular weight is 456 g/mol. The van der Waals surface area contributed by atoms with Crippen LogP contribution in [0.5, 0.6) is 0 Å². The fraction of sp³-hybridized carbons (Fsp3) is 0.435. The summed E-state index contributed by atoms with van der Waals surface area (Å²) in [6, 6.07) is 9.24. The number of Topliss-reactive ketones (excluding diaryl/α,β-unsaturated/α-hetero) is 1. The molecule has 0 unspecified atom stereocenters. The number of imidazole rings is 1. The van der Waals surface area contributed by atoms with E-state index in [2.05, 4.69) is 4.98 Å². The van der Waals surface area contributed by atoms with E-state index in [1.807, 2.05) is 30.3 Å². The molecule has 0 N–H and O–H groups in total. The third kappa shape index (κ3) is 5.46. The summed E-state index contributed by atoms with van der Waals surface area (Å²) < 4.78 is 13.9. The van der Waals surface area contributed by atoms with E-state index in [1.165, 1.54) is 18.0 Å². The van der Waals surface area contributed by atoms with E-state index < -0.39 is 35.8 Å². The molecule has 3 rings (SSSR count). The van der Waals surface area contributed by atoms with E-state index in [9.17, 15) is 19.2 Å². The number of carbonyl (C=O) groups excluding carboxylic acids is 2. The number of carbonyl (C=O) groups is 2. The molecule has 0 saturated heterocycles. The predicted molar refractivity (Wildman–Crippen MR) is 121 cm³/mol. The minimum atomic E-state index is -0.847. The van der Waals surface area contributed by atoms with Crippen molar-refractivity contribution in [3.05, 3.63) is 63.1 Å². The van der Waals surface area contributed by atoms with Crippen LogP contribution in [0, 0.1) is 5.41 Å². The van der Waals surface area contributed by atoms with Crippen molar-refractivity contribution in [1.29, 1.82) is 0 Å². The van der Waals surface area contributed by atoms with Gasteiger partial charge in [-0.25, -0.2) is 14.3 Å². The van der Waals surface area contributed by atoms with Crippen LogP contribution in [-0.4, -0.2) is 50.8 Å². The summed E-state index contributed by atoms with van der Waals surface area (Å²) in [5.74, 6) is -1.11. The number of rotatable bonds is 9. The first-order chi connectivity index (χ1) is 15.6. The lowest BCUT2D eigenvalue weighted by Crippen LogP contribution is -2.43. The van der Waals surface area contributed by atoms with Crippen LogP contribution in [0.2, 0.25) is 0 Å². The molecule has 0 bridgehead atoms. The van der Waals surface area contributed by atoms with Crippen molar-refractivity contribution < 1.29 is 19.1 Å². The van der Waals surface area contributed by atoms with Crippen molar-refractivity contribution in [3.8, 4) is 0 Å². The highest BCUT2D eigenvalue weighted by Gasteiger charge is 2.24. The Morgan fingerprint density at radius 3 is 2.39 bits per heavy atom. The van der Waals surface area contributed by atoms with Crippen molar-refractivity contribution >= 4 is 22.9 Å². The summed E-state index contributed by atoms with van der Waals surface area (Å²) in [6.07, 6.45) is 1.47. The van der Waals surface area contributed by atoms with Gasteiger partial charge in [0.1, 0.15) is 6.54 Å². The molecule has 10 nitrogen and oxygen atoms in total. The number of aromatic nitrogens is 4. The van der Waals surface area contributed by atoms with Crippen molar-refractivity contribution in [2.24, 2.45) is 5.41 Å². The molecule has 0 spiro atoms. The van der Waals surface area contributed by atoms with Crippen LogP contribution in [0.25, 0.3) is 11.2 Å². The van der Waals surface area contributed by atoms with Gasteiger partial charge in [0.05, 0.1) is 19.5 Å². The predicted octanol–water partition coefficient (Wildman–Crippen LogP) is 1.21. The number of ether oxygens (including phenoxy) is 2. The molecule has 176 valence electrons. The Kier molecular flexibility index (Phi) is 7.27. The lowest BCUT2D eigenvalue weighted by molar-refractivity contribution is -0.150.